The van der Waals surface area contributed by atoms with Crippen LogP contribution in [0.5, 0.6) is 0 Å². The third-order valence-electron chi connectivity index (χ3n) is 2.98. The molecule has 0 aliphatic carbocycles. The number of aromatic amines is 2. The monoisotopic (exact) mass is 275 g/mol. The summed E-state index contributed by atoms with van der Waals surface area (Å²) in [7, 11) is 0. The second-order valence-corrected chi connectivity index (χ2v) is 4.41. The molecule has 1 aromatic carbocycles. The number of hydrogen-bond donors (Lipinski definition) is 4. The lowest BCUT2D eigenvalue weighted by molar-refractivity contribution is -0.144. The number of carbonyl (C=O) groups is 2. The SMILES string of the molecule is CC(NC(=O)c1c[nH]c(=O)[nH]1)(C(=O)O)c1ccccc1. The van der Waals surface area contributed by atoms with E-state index in [-0.39, 0.29) is 5.69 Å². The summed E-state index contributed by atoms with van der Waals surface area (Å²) in [5.41, 5.74) is -1.73. The van der Waals surface area contributed by atoms with Crippen molar-refractivity contribution in [1.82, 2.24) is 15.3 Å². The normalized spacial score (nSPS) is 13.4. The van der Waals surface area contributed by atoms with E-state index in [1.165, 1.54) is 13.1 Å². The molecular weight excluding hydrogens is 262 g/mol. The number of amides is 1. The van der Waals surface area contributed by atoms with Gasteiger partial charge in [-0.1, -0.05) is 30.3 Å². The molecule has 1 aromatic heterocycles. The van der Waals surface area contributed by atoms with Crippen molar-refractivity contribution in [2.45, 2.75) is 12.5 Å². The van der Waals surface area contributed by atoms with Crippen LogP contribution in [-0.4, -0.2) is 27.0 Å². The molecule has 0 radical (unpaired) electrons. The van der Waals surface area contributed by atoms with Crippen molar-refractivity contribution < 1.29 is 14.7 Å². The van der Waals surface area contributed by atoms with Crippen molar-refractivity contribution in [3.05, 3.63) is 58.3 Å². The van der Waals surface area contributed by atoms with Gasteiger partial charge in [-0.3, -0.25) is 4.79 Å². The average Bonchev–Trinajstić information content (AvgIpc) is 2.86. The molecule has 2 aromatic rings. The topological polar surface area (TPSA) is 115 Å². The lowest BCUT2D eigenvalue weighted by Gasteiger charge is -2.26. The second-order valence-electron chi connectivity index (χ2n) is 4.41. The lowest BCUT2D eigenvalue weighted by atomic mass is 9.92. The molecule has 1 heterocycles. The van der Waals surface area contributed by atoms with E-state index < -0.39 is 23.1 Å². The Bertz CT molecular complexity index is 689. The maximum Gasteiger partial charge on any atom is 0.333 e. The molecule has 0 fully saturated rings. The highest BCUT2D eigenvalue weighted by atomic mass is 16.4. The summed E-state index contributed by atoms with van der Waals surface area (Å²) in [6.07, 6.45) is 1.19. The first kappa shape index (κ1) is 13.6. The molecule has 0 aliphatic heterocycles. The molecule has 7 nitrogen and oxygen atoms in total. The van der Waals surface area contributed by atoms with Gasteiger partial charge in [-0.2, -0.15) is 0 Å². The quantitative estimate of drug-likeness (QED) is 0.647. The Kier molecular flexibility index (Phi) is 3.43. The van der Waals surface area contributed by atoms with Crippen LogP contribution in [0.3, 0.4) is 0 Å². The Morgan fingerprint density at radius 1 is 1.25 bits per heavy atom. The zero-order valence-electron chi connectivity index (χ0n) is 10.6. The summed E-state index contributed by atoms with van der Waals surface area (Å²) in [5.74, 6) is -1.88. The number of aromatic nitrogens is 2. The van der Waals surface area contributed by atoms with E-state index in [1.807, 2.05) is 0 Å². The Balaban J connectivity index is 2.33. The largest absolute Gasteiger partial charge is 0.479 e. The van der Waals surface area contributed by atoms with E-state index in [2.05, 4.69) is 15.3 Å². The van der Waals surface area contributed by atoms with Gasteiger partial charge in [0, 0.05) is 6.20 Å². The Labute approximate surface area is 113 Å². The molecule has 4 N–H and O–H groups in total. The fraction of sp³-hybridized carbons (Fsp3) is 0.154. The number of carboxylic acids is 1. The van der Waals surface area contributed by atoms with E-state index in [0.717, 1.165) is 0 Å². The summed E-state index contributed by atoms with van der Waals surface area (Å²) in [4.78, 5) is 39.0. The Morgan fingerprint density at radius 3 is 2.40 bits per heavy atom. The number of benzene rings is 1. The van der Waals surface area contributed by atoms with Crippen molar-refractivity contribution in [3.63, 3.8) is 0 Å². The van der Waals surface area contributed by atoms with E-state index in [4.69, 9.17) is 0 Å². The van der Waals surface area contributed by atoms with Gasteiger partial charge in [0.25, 0.3) is 5.91 Å². The lowest BCUT2D eigenvalue weighted by Crippen LogP contribution is -2.49. The number of H-pyrrole nitrogens is 2. The van der Waals surface area contributed by atoms with Crippen molar-refractivity contribution in [1.29, 1.82) is 0 Å². The first-order valence-corrected chi connectivity index (χ1v) is 5.82. The third kappa shape index (κ3) is 2.46. The highest BCUT2D eigenvalue weighted by Crippen LogP contribution is 2.21. The van der Waals surface area contributed by atoms with E-state index >= 15 is 0 Å². The molecule has 7 heteroatoms. The smallest absolute Gasteiger partial charge is 0.333 e. The molecular formula is C13H13N3O4. The zero-order valence-corrected chi connectivity index (χ0v) is 10.6. The van der Waals surface area contributed by atoms with Crippen molar-refractivity contribution in [2.75, 3.05) is 0 Å². The molecule has 0 saturated carbocycles. The zero-order chi connectivity index (χ0) is 14.8. The molecule has 0 spiro atoms. The van der Waals surface area contributed by atoms with Crippen LogP contribution in [0.1, 0.15) is 23.0 Å². The van der Waals surface area contributed by atoms with Crippen molar-refractivity contribution >= 4 is 11.9 Å². The summed E-state index contributed by atoms with van der Waals surface area (Å²) < 4.78 is 0. The van der Waals surface area contributed by atoms with Crippen LogP contribution >= 0.6 is 0 Å². The standard InChI is InChI=1S/C13H13N3O4/c1-13(11(18)19,8-5-3-2-4-6-8)16-10(17)9-7-14-12(20)15-9/h2-7H,1H3,(H,16,17)(H,18,19)(H2,14,15,20). The van der Waals surface area contributed by atoms with Gasteiger partial charge in [0.05, 0.1) is 0 Å². The number of hydrogen-bond acceptors (Lipinski definition) is 3. The van der Waals surface area contributed by atoms with Crippen LogP contribution in [0.2, 0.25) is 0 Å². The van der Waals surface area contributed by atoms with Gasteiger partial charge in [0.2, 0.25) is 0 Å². The molecule has 0 aliphatic rings. The second kappa shape index (κ2) is 5.04. The first-order chi connectivity index (χ1) is 9.43. The van der Waals surface area contributed by atoms with Gasteiger partial charge in [-0.05, 0) is 12.5 Å². The van der Waals surface area contributed by atoms with E-state index in [0.29, 0.717) is 5.56 Å². The molecule has 1 atom stereocenters. The van der Waals surface area contributed by atoms with E-state index in [9.17, 15) is 19.5 Å². The molecule has 104 valence electrons. The molecule has 1 amide bonds. The van der Waals surface area contributed by atoms with Crippen molar-refractivity contribution in [2.24, 2.45) is 0 Å². The Hall–Kier alpha value is -2.83. The highest BCUT2D eigenvalue weighted by molar-refractivity contribution is 5.96. The van der Waals surface area contributed by atoms with Crippen LogP contribution < -0.4 is 11.0 Å². The van der Waals surface area contributed by atoms with Gasteiger partial charge >= 0.3 is 11.7 Å². The van der Waals surface area contributed by atoms with E-state index in [1.54, 1.807) is 30.3 Å². The molecule has 20 heavy (non-hydrogen) atoms. The van der Waals surface area contributed by atoms with Crippen LogP contribution in [0.25, 0.3) is 0 Å². The predicted molar refractivity (Wildman–Crippen MR) is 70.3 cm³/mol. The minimum absolute atomic E-state index is 0.0293. The number of imidazole rings is 1. The summed E-state index contributed by atoms with van der Waals surface area (Å²) >= 11 is 0. The van der Waals surface area contributed by atoms with Gasteiger partial charge < -0.3 is 20.4 Å². The summed E-state index contributed by atoms with van der Waals surface area (Å²) in [6.45, 7) is 1.38. The van der Waals surface area contributed by atoms with Gasteiger partial charge in [-0.15, -0.1) is 0 Å². The molecule has 2 rings (SSSR count). The third-order valence-corrected chi connectivity index (χ3v) is 2.98. The number of rotatable bonds is 4. The van der Waals surface area contributed by atoms with Gasteiger partial charge in [-0.25, -0.2) is 9.59 Å². The maximum absolute atomic E-state index is 12.0. The fourth-order valence-electron chi connectivity index (χ4n) is 1.77. The van der Waals surface area contributed by atoms with Gasteiger partial charge in [0.15, 0.2) is 5.54 Å². The van der Waals surface area contributed by atoms with Gasteiger partial charge in [0.1, 0.15) is 5.69 Å². The molecule has 1 unspecified atom stereocenters. The Morgan fingerprint density at radius 2 is 1.90 bits per heavy atom. The van der Waals surface area contributed by atoms with Crippen LogP contribution in [0, 0.1) is 0 Å². The molecule has 0 saturated heterocycles. The van der Waals surface area contributed by atoms with Crippen LogP contribution in [0.15, 0.2) is 41.3 Å². The minimum Gasteiger partial charge on any atom is -0.479 e. The van der Waals surface area contributed by atoms with Crippen molar-refractivity contribution in [3.8, 4) is 0 Å². The van der Waals surface area contributed by atoms with Crippen LogP contribution in [0.4, 0.5) is 0 Å². The van der Waals surface area contributed by atoms with Crippen LogP contribution in [-0.2, 0) is 10.3 Å². The number of nitrogens with one attached hydrogen (secondary N) is 3. The number of carboxylic acid groups (broad SMARTS) is 1. The summed E-state index contributed by atoms with van der Waals surface area (Å²) in [5, 5.41) is 11.8. The first-order valence-electron chi connectivity index (χ1n) is 5.82. The number of aliphatic carboxylic acids is 1. The minimum atomic E-state index is -1.59. The molecule has 0 bridgehead atoms. The highest BCUT2D eigenvalue weighted by Gasteiger charge is 2.37. The summed E-state index contributed by atoms with van der Waals surface area (Å²) in [6, 6.07) is 8.32. The number of carbonyl (C=O) groups excluding carboxylic acids is 1. The maximum atomic E-state index is 12.0. The predicted octanol–water partition coefficient (Wildman–Crippen LogP) is 0.433. The fourth-order valence-corrected chi connectivity index (χ4v) is 1.77. The average molecular weight is 275 g/mol.